The van der Waals surface area contributed by atoms with Gasteiger partial charge in [0.2, 0.25) is 15.0 Å². The molecule has 122 valence electrons. The summed E-state index contributed by atoms with van der Waals surface area (Å²) < 4.78 is 60.3. The van der Waals surface area contributed by atoms with Crippen LogP contribution in [-0.2, 0) is 20.0 Å². The lowest BCUT2D eigenvalue weighted by atomic mass is 10.1. The van der Waals surface area contributed by atoms with E-state index in [-0.39, 0.29) is 23.7 Å². The molecule has 2 rings (SSSR count). The van der Waals surface area contributed by atoms with Crippen molar-refractivity contribution in [2.24, 2.45) is 5.92 Å². The molecule has 0 spiro atoms. The van der Waals surface area contributed by atoms with E-state index in [4.69, 9.17) is 22.3 Å². The van der Waals surface area contributed by atoms with Crippen molar-refractivity contribution in [1.82, 2.24) is 0 Å². The van der Waals surface area contributed by atoms with E-state index in [1.54, 1.807) is 0 Å². The summed E-state index contributed by atoms with van der Waals surface area (Å²) in [5.41, 5.74) is -1.02. The van der Waals surface area contributed by atoms with Crippen molar-refractivity contribution in [3.63, 3.8) is 0 Å². The first-order chi connectivity index (χ1) is 9.97. The molecule has 1 aromatic rings. The van der Waals surface area contributed by atoms with E-state index in [0.717, 1.165) is 23.1 Å². The van der Waals surface area contributed by atoms with Gasteiger partial charge < -0.3 is 4.90 Å². The van der Waals surface area contributed by atoms with Crippen LogP contribution < -0.4 is 4.90 Å². The van der Waals surface area contributed by atoms with E-state index in [2.05, 4.69) is 0 Å². The van der Waals surface area contributed by atoms with Gasteiger partial charge in [-0.2, -0.15) is 13.2 Å². The minimum absolute atomic E-state index is 0.0178. The zero-order valence-corrected chi connectivity index (χ0v) is 13.2. The van der Waals surface area contributed by atoms with Gasteiger partial charge in [0.25, 0.3) is 0 Å². The molecule has 1 heterocycles. The molecule has 10 heteroatoms. The van der Waals surface area contributed by atoms with Crippen LogP contribution in [0.1, 0.15) is 12.0 Å². The summed E-state index contributed by atoms with van der Waals surface area (Å²) in [7, 11) is 1.34. The Balaban J connectivity index is 2.30. The molecule has 0 aliphatic carbocycles. The topological polar surface area (TPSA) is 54.5 Å². The number of hydrogen-bond donors (Lipinski definition) is 0. The van der Waals surface area contributed by atoms with Crippen LogP contribution in [0.3, 0.4) is 0 Å². The Labute approximate surface area is 134 Å². The number of hydrogen-bond acceptors (Lipinski definition) is 3. The molecular formula is C12H10Cl2F3NO3S. The smallest absolute Gasteiger partial charge is 0.311 e. The lowest BCUT2D eigenvalue weighted by molar-refractivity contribution is -0.137. The maximum Gasteiger partial charge on any atom is 0.416 e. The quantitative estimate of drug-likeness (QED) is 0.761. The maximum absolute atomic E-state index is 12.7. The number of halogens is 5. The average molecular weight is 376 g/mol. The molecule has 0 bridgehead atoms. The highest BCUT2D eigenvalue weighted by molar-refractivity contribution is 8.13. The van der Waals surface area contributed by atoms with E-state index < -0.39 is 38.4 Å². The highest BCUT2D eigenvalue weighted by Crippen LogP contribution is 2.37. The van der Waals surface area contributed by atoms with Gasteiger partial charge in [0.1, 0.15) is 0 Å². The summed E-state index contributed by atoms with van der Waals surface area (Å²) in [6.07, 6.45) is -4.68. The first-order valence-electron chi connectivity index (χ1n) is 6.07. The minimum Gasteiger partial charge on any atom is -0.311 e. The number of alkyl halides is 3. The third-order valence-electron chi connectivity index (χ3n) is 3.20. The van der Waals surface area contributed by atoms with Gasteiger partial charge in [-0.3, -0.25) is 4.79 Å². The number of amides is 1. The monoisotopic (exact) mass is 375 g/mol. The van der Waals surface area contributed by atoms with Crippen LogP contribution in [0.5, 0.6) is 0 Å². The Bertz CT molecular complexity index is 706. The SMILES string of the molecule is O=C1CC(CS(=O)(=O)Cl)CN1c1cc(C(F)(F)F)ccc1Cl. The van der Waals surface area contributed by atoms with Crippen molar-refractivity contribution in [2.45, 2.75) is 12.6 Å². The van der Waals surface area contributed by atoms with Gasteiger partial charge >= 0.3 is 6.18 Å². The molecule has 1 aliphatic heterocycles. The number of benzene rings is 1. The molecule has 1 atom stereocenters. The highest BCUT2D eigenvalue weighted by Gasteiger charge is 2.36. The second kappa shape index (κ2) is 5.90. The lowest BCUT2D eigenvalue weighted by Crippen LogP contribution is -2.26. The van der Waals surface area contributed by atoms with Gasteiger partial charge in [0.15, 0.2) is 0 Å². The molecule has 1 aromatic carbocycles. The fourth-order valence-electron chi connectivity index (χ4n) is 2.30. The van der Waals surface area contributed by atoms with Crippen LogP contribution in [0.25, 0.3) is 0 Å². The Kier molecular flexibility index (Phi) is 4.66. The number of rotatable bonds is 3. The van der Waals surface area contributed by atoms with E-state index in [0.29, 0.717) is 0 Å². The van der Waals surface area contributed by atoms with Gasteiger partial charge in [-0.25, -0.2) is 8.42 Å². The molecule has 1 saturated heterocycles. The minimum atomic E-state index is -4.57. The standard InChI is InChI=1S/C12H10Cl2F3NO3S/c13-9-2-1-8(12(15,16)17)4-10(9)18-5-7(3-11(18)19)6-22(14,20)21/h1-2,4,7H,3,5-6H2. The molecule has 4 nitrogen and oxygen atoms in total. The second-order valence-electron chi connectivity index (χ2n) is 4.94. The van der Waals surface area contributed by atoms with Gasteiger partial charge in [0, 0.05) is 29.6 Å². The fourth-order valence-corrected chi connectivity index (χ4v) is 3.84. The average Bonchev–Trinajstić information content (AvgIpc) is 2.66. The number of nitrogens with zero attached hydrogens (tertiary/aromatic N) is 1. The Hall–Kier alpha value is -0.990. The number of carbonyl (C=O) groups excluding carboxylic acids is 1. The van der Waals surface area contributed by atoms with Gasteiger partial charge in [-0.15, -0.1) is 0 Å². The highest BCUT2D eigenvalue weighted by atomic mass is 35.7. The molecule has 1 unspecified atom stereocenters. The summed E-state index contributed by atoms with van der Waals surface area (Å²) in [6.45, 7) is -0.0498. The number of anilines is 1. The Morgan fingerprint density at radius 3 is 2.50 bits per heavy atom. The molecule has 22 heavy (non-hydrogen) atoms. The van der Waals surface area contributed by atoms with E-state index >= 15 is 0 Å². The molecule has 0 aromatic heterocycles. The van der Waals surface area contributed by atoms with Crippen LogP contribution >= 0.6 is 22.3 Å². The first-order valence-corrected chi connectivity index (χ1v) is 8.92. The molecular weight excluding hydrogens is 366 g/mol. The largest absolute Gasteiger partial charge is 0.416 e. The summed E-state index contributed by atoms with van der Waals surface area (Å²) in [5.74, 6) is -1.50. The summed E-state index contributed by atoms with van der Waals surface area (Å²) >= 11 is 5.87. The third-order valence-corrected chi connectivity index (χ3v) is 4.77. The molecule has 0 radical (unpaired) electrons. The van der Waals surface area contributed by atoms with Crippen LogP contribution in [0.4, 0.5) is 18.9 Å². The van der Waals surface area contributed by atoms with E-state index in [9.17, 15) is 26.4 Å². The van der Waals surface area contributed by atoms with Crippen molar-refractivity contribution in [3.8, 4) is 0 Å². The molecule has 1 aliphatic rings. The predicted molar refractivity (Wildman–Crippen MR) is 76.6 cm³/mol. The van der Waals surface area contributed by atoms with Crippen molar-refractivity contribution >= 4 is 42.9 Å². The normalized spacial score (nSPS) is 19.8. The summed E-state index contributed by atoms with van der Waals surface area (Å²) in [4.78, 5) is 13.0. The van der Waals surface area contributed by atoms with Crippen molar-refractivity contribution in [2.75, 3.05) is 17.2 Å². The zero-order chi connectivity index (χ0) is 16.7. The fraction of sp³-hybridized carbons (Fsp3) is 0.417. The zero-order valence-electron chi connectivity index (χ0n) is 10.9. The Morgan fingerprint density at radius 1 is 1.32 bits per heavy atom. The van der Waals surface area contributed by atoms with E-state index in [1.165, 1.54) is 0 Å². The van der Waals surface area contributed by atoms with Gasteiger partial charge in [-0.05, 0) is 18.2 Å². The predicted octanol–water partition coefficient (Wildman–Crippen LogP) is 3.28. The van der Waals surface area contributed by atoms with Gasteiger partial charge in [-0.1, -0.05) is 11.6 Å². The molecule has 1 fully saturated rings. The van der Waals surface area contributed by atoms with Crippen LogP contribution in [-0.4, -0.2) is 26.6 Å². The summed E-state index contributed by atoms with van der Waals surface area (Å²) in [6, 6.07) is 2.64. The van der Waals surface area contributed by atoms with Crippen molar-refractivity contribution in [3.05, 3.63) is 28.8 Å². The van der Waals surface area contributed by atoms with Crippen molar-refractivity contribution < 1.29 is 26.4 Å². The maximum atomic E-state index is 12.7. The van der Waals surface area contributed by atoms with Gasteiger partial charge in [0.05, 0.1) is 22.0 Å². The second-order valence-corrected chi connectivity index (χ2v) is 8.17. The summed E-state index contributed by atoms with van der Waals surface area (Å²) in [5, 5.41) is -0.0178. The molecule has 0 saturated carbocycles. The first kappa shape index (κ1) is 17.4. The van der Waals surface area contributed by atoms with Crippen LogP contribution in [0.2, 0.25) is 5.02 Å². The van der Waals surface area contributed by atoms with Crippen LogP contribution in [0, 0.1) is 5.92 Å². The van der Waals surface area contributed by atoms with E-state index in [1.807, 2.05) is 0 Å². The lowest BCUT2D eigenvalue weighted by Gasteiger charge is -2.19. The number of carbonyl (C=O) groups is 1. The van der Waals surface area contributed by atoms with Crippen LogP contribution in [0.15, 0.2) is 18.2 Å². The molecule has 1 amide bonds. The molecule has 0 N–H and O–H groups in total. The third kappa shape index (κ3) is 4.05. The Morgan fingerprint density at radius 2 is 1.95 bits per heavy atom. The van der Waals surface area contributed by atoms with Crippen molar-refractivity contribution in [1.29, 1.82) is 0 Å².